The quantitative estimate of drug-likeness (QED) is 0.417. The van der Waals surface area contributed by atoms with E-state index in [2.05, 4.69) is 25.2 Å². The van der Waals surface area contributed by atoms with Gasteiger partial charge in [-0.3, -0.25) is 0 Å². The smallest absolute Gasteiger partial charge is 0.172 e. The zero-order valence-corrected chi connectivity index (χ0v) is 19.5. The molecule has 0 spiro atoms. The number of anilines is 1. The van der Waals surface area contributed by atoms with Crippen LogP contribution in [0.3, 0.4) is 0 Å². The molecule has 33 heavy (non-hydrogen) atoms. The third-order valence-corrected chi connectivity index (χ3v) is 6.28. The molecule has 2 heterocycles. The lowest BCUT2D eigenvalue weighted by Gasteiger charge is -2.35. The van der Waals surface area contributed by atoms with E-state index >= 15 is 0 Å². The predicted molar refractivity (Wildman–Crippen MR) is 131 cm³/mol. The Morgan fingerprint density at radius 2 is 1.88 bits per heavy atom. The van der Waals surface area contributed by atoms with E-state index in [1.54, 1.807) is 24.3 Å². The fraction of sp³-hybridized carbons (Fsp3) is 0.185. The van der Waals surface area contributed by atoms with Gasteiger partial charge in [0.1, 0.15) is 17.3 Å². The van der Waals surface area contributed by atoms with Crippen molar-refractivity contribution in [2.24, 2.45) is 0 Å². The summed E-state index contributed by atoms with van der Waals surface area (Å²) in [7, 11) is 1.51. The Hall–Kier alpha value is -3.44. The summed E-state index contributed by atoms with van der Waals surface area (Å²) in [6.45, 7) is 6.24. The van der Waals surface area contributed by atoms with Crippen molar-refractivity contribution >= 4 is 34.7 Å². The van der Waals surface area contributed by atoms with Gasteiger partial charge >= 0.3 is 0 Å². The van der Waals surface area contributed by atoms with E-state index in [1.165, 1.54) is 19.2 Å². The summed E-state index contributed by atoms with van der Waals surface area (Å²) < 4.78 is 26.6. The molecule has 0 bridgehead atoms. The highest BCUT2D eigenvalue weighted by Crippen LogP contribution is 2.54. The number of hydrogen-bond donors (Lipinski definition) is 2. The molecule has 168 valence electrons. The molecule has 0 atom stereocenters. The average molecular weight is 464 g/mol. The van der Waals surface area contributed by atoms with E-state index in [0.29, 0.717) is 22.8 Å². The van der Waals surface area contributed by atoms with Crippen LogP contribution < -0.4 is 14.8 Å². The monoisotopic (exact) mass is 463 g/mol. The fourth-order valence-electron chi connectivity index (χ4n) is 4.73. The number of allylic oxidation sites excluding steroid dienone is 1. The molecule has 0 saturated carbocycles. The summed E-state index contributed by atoms with van der Waals surface area (Å²) in [5, 5.41) is 14.3. The molecule has 2 aliphatic heterocycles. The Kier molecular flexibility index (Phi) is 4.91. The van der Waals surface area contributed by atoms with Gasteiger partial charge in [0, 0.05) is 27.9 Å². The van der Waals surface area contributed by atoms with Crippen molar-refractivity contribution in [2.75, 3.05) is 12.4 Å². The minimum atomic E-state index is -0.439. The van der Waals surface area contributed by atoms with Crippen LogP contribution in [0.4, 0.5) is 10.1 Å². The molecule has 3 aromatic carbocycles. The van der Waals surface area contributed by atoms with Crippen LogP contribution in [0.1, 0.15) is 37.5 Å². The lowest BCUT2D eigenvalue weighted by Crippen LogP contribution is -2.32. The summed E-state index contributed by atoms with van der Waals surface area (Å²) in [5.74, 6) is 0.859. The van der Waals surface area contributed by atoms with Gasteiger partial charge in [-0.25, -0.2) is 4.39 Å². The molecule has 4 nitrogen and oxygen atoms in total. The van der Waals surface area contributed by atoms with Crippen molar-refractivity contribution in [3.8, 4) is 28.4 Å². The van der Waals surface area contributed by atoms with Gasteiger partial charge in [-0.15, -0.1) is 0 Å². The maximum absolute atomic E-state index is 14.7. The second kappa shape index (κ2) is 7.56. The standard InChI is InChI=1S/C27H23ClFNO3/c1-14-13-27(2,3)30-19-9-8-15-24(23(14)19)22(12-16-17(28)6-5-7-18(16)29)33-21-11-10-20(31)26(32-4)25(15)21/h5-13,30-31H,1-4H3. The van der Waals surface area contributed by atoms with Gasteiger partial charge in [0.25, 0.3) is 0 Å². The lowest BCUT2D eigenvalue weighted by molar-refractivity contribution is 0.371. The second-order valence-electron chi connectivity index (χ2n) is 8.82. The third-order valence-electron chi connectivity index (χ3n) is 5.95. The number of ether oxygens (including phenoxy) is 2. The lowest BCUT2D eigenvalue weighted by atomic mass is 9.82. The SMILES string of the molecule is COc1c(O)ccc2c1-c1ccc3c(c1C(=Cc1c(F)cccc1Cl)O2)C(C)=CC(C)(C)N3. The zero-order chi connectivity index (χ0) is 23.5. The van der Waals surface area contributed by atoms with Crippen LogP contribution in [0, 0.1) is 5.82 Å². The Morgan fingerprint density at radius 1 is 1.09 bits per heavy atom. The predicted octanol–water partition coefficient (Wildman–Crippen LogP) is 7.36. The number of phenolic OH excluding ortho intramolecular Hbond substituents is 1. The first kappa shape index (κ1) is 21.4. The van der Waals surface area contributed by atoms with E-state index in [4.69, 9.17) is 21.1 Å². The van der Waals surface area contributed by atoms with Crippen LogP contribution in [0.25, 0.3) is 28.5 Å². The maximum atomic E-state index is 14.7. The normalized spacial score (nSPS) is 16.7. The second-order valence-corrected chi connectivity index (χ2v) is 9.23. The first-order valence-corrected chi connectivity index (χ1v) is 11.0. The van der Waals surface area contributed by atoms with Crippen molar-refractivity contribution in [2.45, 2.75) is 26.3 Å². The summed E-state index contributed by atoms with van der Waals surface area (Å²) in [6, 6.07) is 11.8. The number of methoxy groups -OCH3 is 1. The van der Waals surface area contributed by atoms with Gasteiger partial charge < -0.3 is 19.9 Å². The van der Waals surface area contributed by atoms with Crippen LogP contribution in [-0.4, -0.2) is 17.8 Å². The molecule has 2 aliphatic rings. The summed E-state index contributed by atoms with van der Waals surface area (Å²) >= 11 is 6.34. The number of phenols is 1. The Balaban J connectivity index is 1.87. The van der Waals surface area contributed by atoms with Crippen molar-refractivity contribution in [3.05, 3.63) is 76.1 Å². The number of hydrogen-bond acceptors (Lipinski definition) is 4. The van der Waals surface area contributed by atoms with E-state index < -0.39 is 5.82 Å². The minimum Gasteiger partial charge on any atom is -0.504 e. The van der Waals surface area contributed by atoms with E-state index in [-0.39, 0.29) is 21.9 Å². The maximum Gasteiger partial charge on any atom is 0.172 e. The minimum absolute atomic E-state index is 0.0135. The highest BCUT2D eigenvalue weighted by molar-refractivity contribution is 6.32. The molecular weight excluding hydrogens is 441 g/mol. The van der Waals surface area contributed by atoms with E-state index in [1.807, 2.05) is 19.1 Å². The fourth-order valence-corrected chi connectivity index (χ4v) is 4.95. The van der Waals surface area contributed by atoms with Gasteiger partial charge in [0.2, 0.25) is 0 Å². The van der Waals surface area contributed by atoms with Gasteiger partial charge in [-0.05, 0) is 62.8 Å². The van der Waals surface area contributed by atoms with Gasteiger partial charge in [0.05, 0.1) is 23.2 Å². The van der Waals surface area contributed by atoms with Crippen LogP contribution >= 0.6 is 11.6 Å². The summed E-state index contributed by atoms with van der Waals surface area (Å²) in [6.07, 6.45) is 3.78. The van der Waals surface area contributed by atoms with Crippen molar-refractivity contribution in [1.29, 1.82) is 0 Å². The Labute approximate surface area is 196 Å². The molecule has 3 aromatic rings. The first-order valence-electron chi connectivity index (χ1n) is 10.6. The van der Waals surface area contributed by atoms with Crippen LogP contribution in [0.15, 0.2) is 48.5 Å². The molecule has 0 aromatic heterocycles. The summed E-state index contributed by atoms with van der Waals surface area (Å²) in [5.41, 5.74) is 5.20. The molecule has 0 amide bonds. The molecule has 0 radical (unpaired) electrons. The topological polar surface area (TPSA) is 50.7 Å². The Bertz CT molecular complexity index is 1350. The van der Waals surface area contributed by atoms with Gasteiger partial charge in [-0.2, -0.15) is 0 Å². The van der Waals surface area contributed by atoms with Crippen molar-refractivity contribution < 1.29 is 19.0 Å². The largest absolute Gasteiger partial charge is 0.504 e. The molecule has 6 heteroatoms. The molecule has 2 N–H and O–H groups in total. The number of rotatable bonds is 2. The van der Waals surface area contributed by atoms with Gasteiger partial charge in [0.15, 0.2) is 11.5 Å². The molecule has 5 rings (SSSR count). The average Bonchev–Trinajstić information content (AvgIpc) is 2.75. The third kappa shape index (κ3) is 3.44. The van der Waals surface area contributed by atoms with Crippen molar-refractivity contribution in [3.63, 3.8) is 0 Å². The number of nitrogens with one attached hydrogen (secondary N) is 1. The van der Waals surface area contributed by atoms with Crippen LogP contribution in [-0.2, 0) is 0 Å². The number of fused-ring (bicyclic) bond motifs is 5. The summed E-state index contributed by atoms with van der Waals surface area (Å²) in [4.78, 5) is 0. The number of halogens is 2. The molecule has 0 fully saturated rings. The number of aromatic hydroxyl groups is 1. The van der Waals surface area contributed by atoms with Crippen molar-refractivity contribution in [1.82, 2.24) is 0 Å². The van der Waals surface area contributed by atoms with E-state index in [9.17, 15) is 9.50 Å². The van der Waals surface area contributed by atoms with Crippen LogP contribution in [0.2, 0.25) is 5.02 Å². The molecule has 0 aliphatic carbocycles. The van der Waals surface area contributed by atoms with Crippen LogP contribution in [0.5, 0.6) is 17.2 Å². The van der Waals surface area contributed by atoms with Gasteiger partial charge in [-0.1, -0.05) is 29.8 Å². The zero-order valence-electron chi connectivity index (χ0n) is 18.7. The molecule has 0 unspecified atom stereocenters. The number of benzene rings is 3. The Morgan fingerprint density at radius 3 is 2.61 bits per heavy atom. The first-order chi connectivity index (χ1) is 15.7. The molecule has 0 saturated heterocycles. The highest BCUT2D eigenvalue weighted by Gasteiger charge is 2.33. The molecular formula is C27H23ClFNO3. The van der Waals surface area contributed by atoms with E-state index in [0.717, 1.165) is 28.0 Å². The highest BCUT2D eigenvalue weighted by atomic mass is 35.5.